The molecule has 0 aliphatic carbocycles. The highest BCUT2D eigenvalue weighted by Crippen LogP contribution is 2.47. The maximum atomic E-state index is 12.1. The molecule has 1 aliphatic rings. The maximum Gasteiger partial charge on any atom is 0.150 e. The van der Waals surface area contributed by atoms with E-state index in [2.05, 4.69) is 41.7 Å². The Balaban J connectivity index is 1.32. The number of ether oxygens (including phenoxy) is 1. The third-order valence-electron chi connectivity index (χ3n) is 7.48. The largest absolute Gasteiger partial charge is 0.508 e. The van der Waals surface area contributed by atoms with Gasteiger partial charge in [0, 0.05) is 17.7 Å². The quantitative estimate of drug-likeness (QED) is 0.168. The van der Waals surface area contributed by atoms with E-state index in [-0.39, 0.29) is 24.3 Å². The number of unbranched alkanes of at least 4 members (excludes halogenated alkanes) is 7. The Labute approximate surface area is 238 Å². The molecular weight excluding hydrogens is 501 g/mol. The van der Waals surface area contributed by atoms with Gasteiger partial charge in [0.1, 0.15) is 23.4 Å². The Morgan fingerprint density at radius 2 is 1.52 bits per heavy atom. The Kier molecular flexibility index (Phi) is 11.2. The van der Waals surface area contributed by atoms with Crippen LogP contribution in [0.15, 0.2) is 72.8 Å². The van der Waals surface area contributed by atoms with Gasteiger partial charge in [-0.2, -0.15) is 0 Å². The fraction of sp³-hybridized carbons (Fsp3) is 0.371. The van der Waals surface area contributed by atoms with Crippen LogP contribution in [0.5, 0.6) is 17.2 Å². The molecule has 0 radical (unpaired) electrons. The second-order valence-electron chi connectivity index (χ2n) is 10.6. The van der Waals surface area contributed by atoms with Crippen molar-refractivity contribution in [3.8, 4) is 17.2 Å². The van der Waals surface area contributed by atoms with Crippen molar-refractivity contribution in [2.45, 2.75) is 64.4 Å². The smallest absolute Gasteiger partial charge is 0.150 e. The van der Waals surface area contributed by atoms with Crippen molar-refractivity contribution < 1.29 is 19.3 Å². The summed E-state index contributed by atoms with van der Waals surface area (Å²) in [6.45, 7) is 3.72. The first-order valence-corrected chi connectivity index (χ1v) is 14.6. The summed E-state index contributed by atoms with van der Waals surface area (Å²) in [6, 6.07) is 20.8. The van der Waals surface area contributed by atoms with E-state index in [0.29, 0.717) is 0 Å². The van der Waals surface area contributed by atoms with Crippen LogP contribution >= 0.6 is 0 Å². The summed E-state index contributed by atoms with van der Waals surface area (Å²) >= 11 is 0. The molecule has 1 heterocycles. The molecule has 0 bridgehead atoms. The molecule has 3 aromatic rings. The van der Waals surface area contributed by atoms with E-state index in [1.807, 2.05) is 25.1 Å². The van der Waals surface area contributed by atoms with E-state index in [0.717, 1.165) is 71.5 Å². The van der Waals surface area contributed by atoms with Crippen LogP contribution in [-0.2, 0) is 0 Å². The van der Waals surface area contributed by atoms with Gasteiger partial charge in [-0.1, -0.05) is 87.1 Å². The number of nitrogens with one attached hydrogen (secondary N) is 1. The number of fused-ring (bicyclic) bond motifs is 1. The Bertz CT molecular complexity index is 1280. The van der Waals surface area contributed by atoms with Gasteiger partial charge >= 0.3 is 0 Å². The fourth-order valence-electron chi connectivity index (χ4n) is 5.28. The van der Waals surface area contributed by atoms with Gasteiger partial charge in [-0.05, 0) is 78.9 Å². The number of rotatable bonds is 15. The van der Waals surface area contributed by atoms with Gasteiger partial charge in [-0.15, -0.1) is 0 Å². The average Bonchev–Trinajstić information content (AvgIpc) is 2.96. The van der Waals surface area contributed by atoms with Crippen LogP contribution < -0.4 is 10.1 Å². The molecule has 0 spiro atoms. The van der Waals surface area contributed by atoms with Crippen molar-refractivity contribution >= 4 is 17.2 Å². The van der Waals surface area contributed by atoms with Crippen molar-refractivity contribution in [1.82, 2.24) is 5.32 Å². The molecule has 0 saturated carbocycles. The molecule has 0 aromatic heterocycles. The van der Waals surface area contributed by atoms with Crippen molar-refractivity contribution in [2.75, 3.05) is 19.8 Å². The average molecular weight is 544 g/mol. The van der Waals surface area contributed by atoms with E-state index < -0.39 is 0 Å². The minimum Gasteiger partial charge on any atom is -0.508 e. The van der Waals surface area contributed by atoms with Crippen LogP contribution in [0.2, 0.25) is 0 Å². The van der Waals surface area contributed by atoms with E-state index >= 15 is 0 Å². The highest BCUT2D eigenvalue weighted by molar-refractivity contribution is 5.95. The number of hydrogen-bond acceptors (Lipinski definition) is 4. The summed E-state index contributed by atoms with van der Waals surface area (Å²) in [7, 11) is 0. The molecule has 0 fully saturated rings. The number of hydrogen-bond donors (Lipinski definition) is 3. The predicted molar refractivity (Wildman–Crippen MR) is 163 cm³/mol. The molecule has 4 nitrogen and oxygen atoms in total. The van der Waals surface area contributed by atoms with E-state index in [1.165, 1.54) is 32.1 Å². The molecule has 1 atom stereocenters. The summed E-state index contributed by atoms with van der Waals surface area (Å²) in [5.74, 6) is 1.13. The van der Waals surface area contributed by atoms with Gasteiger partial charge in [-0.25, -0.2) is 0 Å². The van der Waals surface area contributed by atoms with Crippen LogP contribution in [0.25, 0.3) is 17.2 Å². The Hall–Kier alpha value is -3.57. The monoisotopic (exact) mass is 543 g/mol. The summed E-state index contributed by atoms with van der Waals surface area (Å²) < 4.78 is 18.6. The van der Waals surface area contributed by atoms with Gasteiger partial charge in [0.15, 0.2) is 0 Å². The molecule has 3 aromatic carbocycles. The molecule has 1 aliphatic heterocycles. The lowest BCUT2D eigenvalue weighted by Gasteiger charge is -2.31. The first-order valence-electron chi connectivity index (χ1n) is 14.6. The molecule has 1 unspecified atom stereocenters. The lowest BCUT2D eigenvalue weighted by atomic mass is 9.86. The van der Waals surface area contributed by atoms with Gasteiger partial charge in [0.05, 0.1) is 6.67 Å². The second-order valence-corrected chi connectivity index (χ2v) is 10.6. The molecule has 3 N–H and O–H groups in total. The zero-order valence-electron chi connectivity index (χ0n) is 23.5. The zero-order chi connectivity index (χ0) is 28.2. The number of allylic oxidation sites excluding steroid dienone is 1. The molecular formula is C35H42FNO3. The van der Waals surface area contributed by atoms with Crippen molar-refractivity contribution in [3.63, 3.8) is 0 Å². The third-order valence-corrected chi connectivity index (χ3v) is 7.48. The summed E-state index contributed by atoms with van der Waals surface area (Å²) in [6.07, 6.45) is 13.0. The van der Waals surface area contributed by atoms with Crippen molar-refractivity contribution in [2.24, 2.45) is 0 Å². The van der Waals surface area contributed by atoms with Gasteiger partial charge in [0.25, 0.3) is 0 Å². The molecule has 4 rings (SSSR count). The minimum absolute atomic E-state index is 0.177. The molecule has 0 amide bonds. The molecule has 212 valence electrons. The van der Waals surface area contributed by atoms with Gasteiger partial charge in [-0.3, -0.25) is 4.39 Å². The second kappa shape index (κ2) is 15.3. The Morgan fingerprint density at radius 3 is 2.25 bits per heavy atom. The molecule has 5 heteroatoms. The zero-order valence-corrected chi connectivity index (χ0v) is 23.5. The maximum absolute atomic E-state index is 12.1. The first-order chi connectivity index (χ1) is 19.6. The SMILES string of the molecule is CC1=C(c2cccc(O)c2)C(c2ccc(/C=C\CNCCCCCCCCCCF)cc2)Oc2ccc(O)cc21. The first kappa shape index (κ1) is 29.4. The lowest BCUT2D eigenvalue weighted by molar-refractivity contribution is 0.259. The number of halogens is 1. The van der Waals surface area contributed by atoms with Crippen LogP contribution in [-0.4, -0.2) is 30.0 Å². The highest BCUT2D eigenvalue weighted by atomic mass is 19.1. The number of aromatic hydroxyl groups is 2. The molecule has 0 saturated heterocycles. The number of benzene rings is 3. The summed E-state index contributed by atoms with van der Waals surface area (Å²) in [4.78, 5) is 0. The van der Waals surface area contributed by atoms with E-state index in [9.17, 15) is 14.6 Å². The summed E-state index contributed by atoms with van der Waals surface area (Å²) in [5, 5.41) is 23.7. The molecule has 40 heavy (non-hydrogen) atoms. The Morgan fingerprint density at radius 1 is 0.825 bits per heavy atom. The van der Waals surface area contributed by atoms with Crippen LogP contribution in [0.1, 0.15) is 86.6 Å². The van der Waals surface area contributed by atoms with Crippen LogP contribution in [0.3, 0.4) is 0 Å². The van der Waals surface area contributed by atoms with Crippen LogP contribution in [0.4, 0.5) is 4.39 Å². The number of phenols is 2. The standard InChI is InChI=1S/C35H42FNO3/c1-26-32-25-31(39)19-20-33(32)40-35(34(26)29-13-10-14-30(38)24-29)28-17-15-27(16-18-28)12-11-23-37-22-9-7-5-3-2-4-6-8-21-36/h10-20,24-25,35,37-39H,2-9,21-23H2,1H3/b12-11-. The third kappa shape index (κ3) is 8.22. The predicted octanol–water partition coefficient (Wildman–Crippen LogP) is 8.86. The minimum atomic E-state index is -0.339. The van der Waals surface area contributed by atoms with Crippen molar-refractivity contribution in [3.05, 3.63) is 95.1 Å². The van der Waals surface area contributed by atoms with Crippen LogP contribution in [0, 0.1) is 0 Å². The van der Waals surface area contributed by atoms with Crippen molar-refractivity contribution in [1.29, 1.82) is 0 Å². The number of alkyl halides is 1. The topological polar surface area (TPSA) is 61.7 Å². The van der Waals surface area contributed by atoms with Gasteiger partial charge < -0.3 is 20.3 Å². The fourth-order valence-corrected chi connectivity index (χ4v) is 5.28. The van der Waals surface area contributed by atoms with E-state index in [4.69, 9.17) is 4.74 Å². The van der Waals surface area contributed by atoms with E-state index in [1.54, 1.807) is 24.3 Å². The van der Waals surface area contributed by atoms with Gasteiger partial charge in [0.2, 0.25) is 0 Å². The normalized spacial score (nSPS) is 14.9. The highest BCUT2D eigenvalue weighted by Gasteiger charge is 2.29. The lowest BCUT2D eigenvalue weighted by Crippen LogP contribution is -2.16. The number of phenolic OH excluding ortho intramolecular Hbond substituents is 2. The summed E-state index contributed by atoms with van der Waals surface area (Å²) in [5.41, 5.74) is 5.87.